The third-order valence-electron chi connectivity index (χ3n) is 5.52. The summed E-state index contributed by atoms with van der Waals surface area (Å²) in [5.74, 6) is 0.483. The maximum Gasteiger partial charge on any atom is 0.271 e. The van der Waals surface area contributed by atoms with E-state index in [9.17, 15) is 9.59 Å². The van der Waals surface area contributed by atoms with Crippen molar-refractivity contribution in [1.29, 1.82) is 0 Å². The fourth-order valence-electron chi connectivity index (χ4n) is 3.90. The minimum absolute atomic E-state index is 0.171. The van der Waals surface area contributed by atoms with Gasteiger partial charge in [0.2, 0.25) is 0 Å². The molecule has 6 nitrogen and oxygen atoms in total. The van der Waals surface area contributed by atoms with Crippen LogP contribution in [0.1, 0.15) is 23.4 Å². The highest BCUT2D eigenvalue weighted by Gasteiger charge is 2.33. The maximum absolute atomic E-state index is 13.6. The van der Waals surface area contributed by atoms with Crippen molar-refractivity contribution in [3.63, 3.8) is 0 Å². The second-order valence-electron chi connectivity index (χ2n) is 7.69. The molecule has 1 amide bonds. The number of methoxy groups -OCH3 is 1. The van der Waals surface area contributed by atoms with E-state index in [0.29, 0.717) is 26.3 Å². The molecule has 2 aromatic carbocycles. The molecule has 0 bridgehead atoms. The zero-order chi connectivity index (χ0) is 23.7. The minimum atomic E-state index is -0.544. The molecule has 4 aromatic rings. The molecule has 0 spiro atoms. The van der Waals surface area contributed by atoms with E-state index < -0.39 is 6.04 Å². The monoisotopic (exact) mass is 487 g/mol. The number of amides is 1. The van der Waals surface area contributed by atoms with Crippen LogP contribution < -0.4 is 24.9 Å². The first kappa shape index (κ1) is 22.1. The van der Waals surface area contributed by atoms with E-state index in [0.717, 1.165) is 16.2 Å². The van der Waals surface area contributed by atoms with Crippen LogP contribution in [0, 0.1) is 0 Å². The zero-order valence-corrected chi connectivity index (χ0v) is 20.2. The number of hydrogen-bond donors (Lipinski definition) is 1. The Hall–Kier alpha value is -3.75. The van der Waals surface area contributed by atoms with Crippen LogP contribution in [0.3, 0.4) is 0 Å². The number of anilines is 1. The smallest absolute Gasteiger partial charge is 0.271 e. The first-order valence-electron chi connectivity index (χ1n) is 10.6. The lowest BCUT2D eigenvalue weighted by atomic mass is 10.0. The molecular weight excluding hydrogens is 466 g/mol. The molecule has 5 rings (SSSR count). The number of aromatic nitrogens is 1. The summed E-state index contributed by atoms with van der Waals surface area (Å²) in [7, 11) is 1.62. The Balaban J connectivity index is 1.62. The van der Waals surface area contributed by atoms with E-state index >= 15 is 0 Å². The lowest BCUT2D eigenvalue weighted by Gasteiger charge is -2.24. The van der Waals surface area contributed by atoms with Crippen molar-refractivity contribution < 1.29 is 9.53 Å². The third kappa shape index (κ3) is 4.13. The van der Waals surface area contributed by atoms with Crippen LogP contribution in [-0.4, -0.2) is 17.6 Å². The fourth-order valence-corrected chi connectivity index (χ4v) is 5.77. The first-order valence-corrected chi connectivity index (χ1v) is 12.3. The molecule has 34 heavy (non-hydrogen) atoms. The van der Waals surface area contributed by atoms with Gasteiger partial charge in [0.05, 0.1) is 22.9 Å². The molecule has 1 aliphatic rings. The first-order chi connectivity index (χ1) is 16.5. The van der Waals surface area contributed by atoms with Gasteiger partial charge in [-0.3, -0.25) is 14.2 Å². The molecule has 1 aliphatic heterocycles. The molecule has 1 atom stereocenters. The maximum atomic E-state index is 13.6. The van der Waals surface area contributed by atoms with Gasteiger partial charge in [0.1, 0.15) is 11.8 Å². The Kier molecular flexibility index (Phi) is 6.00. The summed E-state index contributed by atoms with van der Waals surface area (Å²) in [5.41, 5.74) is 2.47. The molecule has 0 saturated carbocycles. The molecule has 1 N–H and O–H groups in total. The topological polar surface area (TPSA) is 72.7 Å². The SMILES string of the molecule is COc1ccc(C=c2sc3n(c2=O)C(c2cccs2)C(C(=O)Nc2ccccc2)=C(C)N=3)cc1. The van der Waals surface area contributed by atoms with Gasteiger partial charge in [-0.2, -0.15) is 0 Å². The van der Waals surface area contributed by atoms with Gasteiger partial charge in [0.25, 0.3) is 11.5 Å². The molecule has 8 heteroatoms. The average molecular weight is 488 g/mol. The molecule has 0 fully saturated rings. The summed E-state index contributed by atoms with van der Waals surface area (Å²) >= 11 is 2.84. The Morgan fingerprint density at radius 3 is 2.53 bits per heavy atom. The van der Waals surface area contributed by atoms with Gasteiger partial charge in [-0.25, -0.2) is 4.99 Å². The highest BCUT2D eigenvalue weighted by Crippen LogP contribution is 2.33. The predicted octanol–water partition coefficient (Wildman–Crippen LogP) is 3.94. The van der Waals surface area contributed by atoms with E-state index in [1.165, 1.54) is 22.7 Å². The number of nitrogens with one attached hydrogen (secondary N) is 1. The number of carbonyl (C=O) groups excluding carboxylic acids is 1. The van der Waals surface area contributed by atoms with Crippen molar-refractivity contribution in [3.8, 4) is 5.75 Å². The van der Waals surface area contributed by atoms with Crippen LogP contribution in [0.2, 0.25) is 0 Å². The quantitative estimate of drug-likeness (QED) is 0.463. The number of thiazole rings is 1. The number of carbonyl (C=O) groups is 1. The van der Waals surface area contributed by atoms with Crippen molar-refractivity contribution in [3.05, 3.63) is 114 Å². The Bertz CT molecular complexity index is 1550. The summed E-state index contributed by atoms with van der Waals surface area (Å²) < 4.78 is 7.42. The summed E-state index contributed by atoms with van der Waals surface area (Å²) in [5, 5.41) is 4.91. The van der Waals surface area contributed by atoms with Crippen molar-refractivity contribution in [2.75, 3.05) is 12.4 Å². The summed E-state index contributed by atoms with van der Waals surface area (Å²) in [6.45, 7) is 1.82. The second kappa shape index (κ2) is 9.24. The van der Waals surface area contributed by atoms with Crippen LogP contribution in [0.15, 0.2) is 93.2 Å². The molecule has 3 heterocycles. The van der Waals surface area contributed by atoms with Gasteiger partial charge in [0, 0.05) is 10.6 Å². The van der Waals surface area contributed by atoms with Crippen molar-refractivity contribution in [2.45, 2.75) is 13.0 Å². The largest absolute Gasteiger partial charge is 0.497 e. The van der Waals surface area contributed by atoms with Crippen molar-refractivity contribution in [2.24, 2.45) is 4.99 Å². The number of allylic oxidation sites excluding steroid dienone is 1. The van der Waals surface area contributed by atoms with E-state index in [2.05, 4.69) is 10.3 Å². The van der Waals surface area contributed by atoms with Crippen molar-refractivity contribution in [1.82, 2.24) is 4.57 Å². The van der Waals surface area contributed by atoms with E-state index in [1.807, 2.05) is 85.1 Å². The van der Waals surface area contributed by atoms with E-state index in [1.54, 1.807) is 11.7 Å². The van der Waals surface area contributed by atoms with Gasteiger partial charge in [-0.1, -0.05) is 47.7 Å². The number of ether oxygens (including phenoxy) is 1. The third-order valence-corrected chi connectivity index (χ3v) is 7.43. The molecule has 0 radical (unpaired) electrons. The lowest BCUT2D eigenvalue weighted by Crippen LogP contribution is -2.40. The molecule has 1 unspecified atom stereocenters. The second-order valence-corrected chi connectivity index (χ2v) is 9.68. The highest BCUT2D eigenvalue weighted by molar-refractivity contribution is 7.10. The Morgan fingerprint density at radius 2 is 1.85 bits per heavy atom. The number of fused-ring (bicyclic) bond motifs is 1. The summed E-state index contributed by atoms with van der Waals surface area (Å²) in [4.78, 5) is 33.1. The van der Waals surface area contributed by atoms with Crippen LogP contribution in [0.5, 0.6) is 5.75 Å². The summed E-state index contributed by atoms with van der Waals surface area (Å²) in [6.07, 6.45) is 1.85. The molecule has 0 aliphatic carbocycles. The van der Waals surface area contributed by atoms with E-state index in [-0.39, 0.29) is 11.5 Å². The Labute approximate surface area is 203 Å². The van der Waals surface area contributed by atoms with Crippen LogP contribution in [0.4, 0.5) is 5.69 Å². The van der Waals surface area contributed by atoms with E-state index in [4.69, 9.17) is 4.74 Å². The number of para-hydroxylation sites is 1. The van der Waals surface area contributed by atoms with Crippen LogP contribution >= 0.6 is 22.7 Å². The van der Waals surface area contributed by atoms with Gasteiger partial charge in [-0.05, 0) is 54.3 Å². The van der Waals surface area contributed by atoms with Gasteiger partial charge in [0.15, 0.2) is 4.80 Å². The number of thiophene rings is 1. The average Bonchev–Trinajstić information content (AvgIpc) is 3.48. The molecular formula is C26H21N3O3S2. The summed E-state index contributed by atoms with van der Waals surface area (Å²) in [6, 6.07) is 20.1. The van der Waals surface area contributed by atoms with Gasteiger partial charge >= 0.3 is 0 Å². The van der Waals surface area contributed by atoms with Crippen molar-refractivity contribution >= 4 is 40.3 Å². The molecule has 0 saturated heterocycles. The number of rotatable bonds is 5. The number of benzene rings is 2. The zero-order valence-electron chi connectivity index (χ0n) is 18.5. The normalized spacial score (nSPS) is 15.6. The molecule has 2 aromatic heterocycles. The van der Waals surface area contributed by atoms with Gasteiger partial charge < -0.3 is 10.1 Å². The van der Waals surface area contributed by atoms with Crippen LogP contribution in [-0.2, 0) is 4.79 Å². The Morgan fingerprint density at radius 1 is 1.09 bits per heavy atom. The fraction of sp³-hybridized carbons (Fsp3) is 0.115. The number of nitrogens with zero attached hydrogens (tertiary/aromatic N) is 2. The highest BCUT2D eigenvalue weighted by atomic mass is 32.1. The lowest BCUT2D eigenvalue weighted by molar-refractivity contribution is -0.113. The van der Waals surface area contributed by atoms with Crippen LogP contribution in [0.25, 0.3) is 6.08 Å². The standard InChI is InChI=1S/C26H21N3O3S2/c1-16-22(24(30)28-18-7-4-3-5-8-18)23(20-9-6-14-33-20)29-25(31)21(34-26(29)27-16)15-17-10-12-19(32-2)13-11-17/h3-15,23H,1-2H3,(H,28,30). The van der Waals surface area contributed by atoms with Gasteiger partial charge in [-0.15, -0.1) is 11.3 Å². The number of hydrogen-bond acceptors (Lipinski definition) is 6. The molecule has 170 valence electrons. The predicted molar refractivity (Wildman–Crippen MR) is 136 cm³/mol. The minimum Gasteiger partial charge on any atom is -0.497 e.